The molecule has 1 N–H and O–H groups in total. The highest BCUT2D eigenvalue weighted by atomic mass is 19.4. The van der Waals surface area contributed by atoms with Crippen molar-refractivity contribution in [3.8, 4) is 0 Å². The summed E-state index contributed by atoms with van der Waals surface area (Å²) in [5.74, 6) is -0.465. The summed E-state index contributed by atoms with van der Waals surface area (Å²) in [5.41, 5.74) is 1.06. The van der Waals surface area contributed by atoms with E-state index >= 15 is 0 Å². The fraction of sp³-hybridized carbons (Fsp3) is 0.440. The molecule has 33 heavy (non-hydrogen) atoms. The van der Waals surface area contributed by atoms with Gasteiger partial charge in [0.15, 0.2) is 0 Å². The van der Waals surface area contributed by atoms with Crippen LogP contribution in [0, 0.1) is 0 Å². The third-order valence-corrected chi connectivity index (χ3v) is 6.55. The number of likely N-dealkylation sites (tertiary alicyclic amines) is 1. The fourth-order valence-electron chi connectivity index (χ4n) is 4.48. The molecule has 4 rings (SSSR count). The maximum Gasteiger partial charge on any atom is 0.416 e. The zero-order valence-corrected chi connectivity index (χ0v) is 18.5. The molecule has 8 heteroatoms. The summed E-state index contributed by atoms with van der Waals surface area (Å²) in [6.45, 7) is 1.15. The minimum Gasteiger partial charge on any atom is -0.465 e. The van der Waals surface area contributed by atoms with Crippen molar-refractivity contribution in [2.45, 2.75) is 56.4 Å². The summed E-state index contributed by atoms with van der Waals surface area (Å²) in [5, 5.41) is 3.22. The topological polar surface area (TPSA) is 58.6 Å². The van der Waals surface area contributed by atoms with Crippen LogP contribution in [0.2, 0.25) is 0 Å². The van der Waals surface area contributed by atoms with Gasteiger partial charge in [0.25, 0.3) is 0 Å². The molecule has 1 aliphatic heterocycles. The van der Waals surface area contributed by atoms with Crippen molar-refractivity contribution in [3.63, 3.8) is 0 Å². The van der Waals surface area contributed by atoms with Crippen LogP contribution >= 0.6 is 0 Å². The van der Waals surface area contributed by atoms with E-state index in [2.05, 4.69) is 10.2 Å². The number of piperidine rings is 1. The Morgan fingerprint density at radius 2 is 1.73 bits per heavy atom. The van der Waals surface area contributed by atoms with Crippen LogP contribution in [-0.2, 0) is 27.8 Å². The van der Waals surface area contributed by atoms with Gasteiger partial charge in [0.05, 0.1) is 29.8 Å². The molecule has 2 aromatic carbocycles. The van der Waals surface area contributed by atoms with Gasteiger partial charge in [0, 0.05) is 6.54 Å². The van der Waals surface area contributed by atoms with E-state index in [1.54, 1.807) is 12.1 Å². The average molecular weight is 460 g/mol. The number of esters is 1. The van der Waals surface area contributed by atoms with Crippen LogP contribution in [-0.4, -0.2) is 36.5 Å². The molecule has 1 saturated heterocycles. The Bertz CT molecular complexity index is 999. The molecule has 1 aliphatic carbocycles. The van der Waals surface area contributed by atoms with E-state index in [4.69, 9.17) is 4.74 Å². The summed E-state index contributed by atoms with van der Waals surface area (Å²) in [4.78, 5) is 27.0. The van der Waals surface area contributed by atoms with Crippen LogP contribution in [0.15, 0.2) is 48.5 Å². The largest absolute Gasteiger partial charge is 0.465 e. The maximum atomic E-state index is 13.3. The van der Waals surface area contributed by atoms with Gasteiger partial charge >= 0.3 is 12.1 Å². The highest BCUT2D eigenvalue weighted by Gasteiger charge is 2.47. The van der Waals surface area contributed by atoms with Gasteiger partial charge in [-0.15, -0.1) is 0 Å². The molecule has 1 saturated carbocycles. The molecule has 0 spiro atoms. The van der Waals surface area contributed by atoms with Crippen molar-refractivity contribution < 1.29 is 27.5 Å². The molecule has 176 valence electrons. The first-order chi connectivity index (χ1) is 15.7. The maximum absolute atomic E-state index is 13.3. The zero-order chi connectivity index (χ0) is 23.6. The number of hydrogen-bond acceptors (Lipinski definition) is 4. The first kappa shape index (κ1) is 23.3. The van der Waals surface area contributed by atoms with Gasteiger partial charge in [0.2, 0.25) is 5.91 Å². The van der Waals surface area contributed by atoms with Crippen LogP contribution in [0.4, 0.5) is 13.2 Å². The number of nitrogens with one attached hydrogen (secondary N) is 1. The average Bonchev–Trinajstić information content (AvgIpc) is 3.59. The van der Waals surface area contributed by atoms with Crippen LogP contribution < -0.4 is 5.32 Å². The number of methoxy groups -OCH3 is 1. The minimum atomic E-state index is -4.36. The first-order valence-electron chi connectivity index (χ1n) is 11.1. The lowest BCUT2D eigenvalue weighted by atomic mass is 9.98. The molecule has 0 radical (unpaired) electrons. The lowest BCUT2D eigenvalue weighted by Gasteiger charge is -2.36. The third kappa shape index (κ3) is 5.21. The van der Waals surface area contributed by atoms with E-state index in [0.29, 0.717) is 18.5 Å². The number of halogens is 3. The summed E-state index contributed by atoms with van der Waals surface area (Å²) in [6, 6.07) is 11.9. The number of carbonyl (C=O) groups is 2. The molecule has 0 unspecified atom stereocenters. The number of nitrogens with zero attached hydrogens (tertiary/aromatic N) is 1. The zero-order valence-electron chi connectivity index (χ0n) is 18.5. The Hall–Kier alpha value is -2.87. The predicted molar refractivity (Wildman–Crippen MR) is 116 cm³/mol. The van der Waals surface area contributed by atoms with Crippen molar-refractivity contribution in [2.24, 2.45) is 0 Å². The monoisotopic (exact) mass is 460 g/mol. The predicted octanol–water partition coefficient (Wildman–Crippen LogP) is 4.65. The van der Waals surface area contributed by atoms with E-state index in [-0.39, 0.29) is 11.9 Å². The number of amides is 1. The molecular formula is C25H27F3N2O3. The van der Waals surface area contributed by atoms with Gasteiger partial charge in [0.1, 0.15) is 0 Å². The summed E-state index contributed by atoms with van der Waals surface area (Å²) >= 11 is 0. The first-order valence-corrected chi connectivity index (χ1v) is 11.1. The molecule has 1 amide bonds. The quantitative estimate of drug-likeness (QED) is 0.638. The van der Waals surface area contributed by atoms with Gasteiger partial charge in [-0.25, -0.2) is 4.79 Å². The normalized spacial score (nSPS) is 20.2. The standard InChI is InChI=1S/C25H27F3N2O3/c1-33-23(32)18-7-11-19(12-8-18)24(13-14-24)29-22(31)21-4-2-3-15-30(21)16-17-5-9-20(10-6-17)25(26,27)28/h5-12,21H,2-4,13-16H2,1H3,(H,29,31)/t21-/m1/s1. The molecule has 2 fully saturated rings. The van der Waals surface area contributed by atoms with Crippen molar-refractivity contribution in [3.05, 3.63) is 70.8 Å². The van der Waals surface area contributed by atoms with E-state index < -0.39 is 23.2 Å². The summed E-state index contributed by atoms with van der Waals surface area (Å²) in [7, 11) is 1.33. The van der Waals surface area contributed by atoms with Crippen molar-refractivity contribution in [1.29, 1.82) is 0 Å². The third-order valence-electron chi connectivity index (χ3n) is 6.55. The Morgan fingerprint density at radius 1 is 1.06 bits per heavy atom. The van der Waals surface area contributed by atoms with Gasteiger partial charge in [-0.05, 0) is 67.6 Å². The SMILES string of the molecule is COC(=O)c1ccc(C2(NC(=O)[C@H]3CCCCN3Cc3ccc(C(F)(F)F)cc3)CC2)cc1. The Morgan fingerprint density at radius 3 is 2.30 bits per heavy atom. The molecule has 1 heterocycles. The molecule has 5 nitrogen and oxygen atoms in total. The summed E-state index contributed by atoms with van der Waals surface area (Å²) < 4.78 is 43.3. The molecule has 0 bridgehead atoms. The molecule has 0 aromatic heterocycles. The minimum absolute atomic E-state index is 0.0591. The molecule has 2 aliphatic rings. The van der Waals surface area contributed by atoms with Gasteiger partial charge in [-0.3, -0.25) is 9.69 Å². The number of benzene rings is 2. The van der Waals surface area contributed by atoms with E-state index in [1.165, 1.54) is 19.2 Å². The second-order valence-corrected chi connectivity index (χ2v) is 8.82. The fourth-order valence-corrected chi connectivity index (χ4v) is 4.48. The number of ether oxygens (including phenoxy) is 1. The van der Waals surface area contributed by atoms with E-state index in [9.17, 15) is 22.8 Å². The number of hydrogen-bond donors (Lipinski definition) is 1. The van der Waals surface area contributed by atoms with Crippen LogP contribution in [0.1, 0.15) is 59.2 Å². The smallest absolute Gasteiger partial charge is 0.416 e. The molecule has 2 aromatic rings. The highest BCUT2D eigenvalue weighted by Crippen LogP contribution is 2.46. The molecule has 1 atom stereocenters. The lowest BCUT2D eigenvalue weighted by molar-refractivity contribution is -0.137. The lowest BCUT2D eigenvalue weighted by Crippen LogP contribution is -2.51. The second kappa shape index (κ2) is 9.17. The number of rotatable bonds is 6. The van der Waals surface area contributed by atoms with Crippen LogP contribution in [0.3, 0.4) is 0 Å². The van der Waals surface area contributed by atoms with E-state index in [1.807, 2.05) is 12.1 Å². The second-order valence-electron chi connectivity index (χ2n) is 8.82. The van der Waals surface area contributed by atoms with Crippen molar-refractivity contribution in [1.82, 2.24) is 10.2 Å². The Kier molecular flexibility index (Phi) is 6.47. The van der Waals surface area contributed by atoms with Crippen molar-refractivity contribution >= 4 is 11.9 Å². The molecular weight excluding hydrogens is 433 g/mol. The van der Waals surface area contributed by atoms with Crippen LogP contribution in [0.25, 0.3) is 0 Å². The van der Waals surface area contributed by atoms with Gasteiger partial charge < -0.3 is 10.1 Å². The number of alkyl halides is 3. The van der Waals surface area contributed by atoms with Gasteiger partial charge in [-0.2, -0.15) is 13.2 Å². The van der Waals surface area contributed by atoms with Crippen LogP contribution in [0.5, 0.6) is 0 Å². The number of carbonyl (C=O) groups excluding carboxylic acids is 2. The van der Waals surface area contributed by atoms with Gasteiger partial charge in [-0.1, -0.05) is 30.7 Å². The Labute approximate surface area is 190 Å². The highest BCUT2D eigenvalue weighted by molar-refractivity contribution is 5.89. The van der Waals surface area contributed by atoms with E-state index in [0.717, 1.165) is 55.5 Å². The Balaban J connectivity index is 1.43. The summed E-state index contributed by atoms with van der Waals surface area (Å²) in [6.07, 6.45) is -0.125. The van der Waals surface area contributed by atoms with Crippen molar-refractivity contribution in [2.75, 3.05) is 13.7 Å².